The number of carbonyl (C=O) groups excluding carboxylic acids is 1. The fraction of sp³-hybridized carbons (Fsp3) is 0.286. The highest BCUT2D eigenvalue weighted by Gasteiger charge is 2.17. The van der Waals surface area contributed by atoms with Gasteiger partial charge in [0.2, 0.25) is 5.75 Å². The van der Waals surface area contributed by atoms with E-state index in [1.807, 2.05) is 6.92 Å². The van der Waals surface area contributed by atoms with Crippen molar-refractivity contribution in [1.82, 2.24) is 0 Å². The second-order valence-corrected chi connectivity index (χ2v) is 5.70. The van der Waals surface area contributed by atoms with Crippen molar-refractivity contribution >= 4 is 11.9 Å². The number of benzene rings is 2. The first-order valence-electron chi connectivity index (χ1n) is 8.64. The van der Waals surface area contributed by atoms with E-state index >= 15 is 0 Å². The Morgan fingerprint density at radius 1 is 1.07 bits per heavy atom. The molecule has 0 fully saturated rings. The van der Waals surface area contributed by atoms with Gasteiger partial charge in [0, 0.05) is 5.56 Å². The maximum Gasteiger partial charge on any atom is 0.387 e. The summed E-state index contributed by atoms with van der Waals surface area (Å²) in [5.41, 5.74) is 1.03. The summed E-state index contributed by atoms with van der Waals surface area (Å²) in [5, 5.41) is 0. The van der Waals surface area contributed by atoms with E-state index in [1.165, 1.54) is 32.4 Å². The average molecular weight is 392 g/mol. The Labute approximate surface area is 162 Å². The number of methoxy groups -OCH3 is 2. The van der Waals surface area contributed by atoms with E-state index in [9.17, 15) is 13.6 Å². The zero-order valence-corrected chi connectivity index (χ0v) is 15.9. The van der Waals surface area contributed by atoms with Crippen LogP contribution in [0.2, 0.25) is 0 Å². The third-order valence-electron chi connectivity index (χ3n) is 3.73. The Balaban J connectivity index is 2.19. The van der Waals surface area contributed by atoms with Crippen LogP contribution < -0.4 is 18.9 Å². The number of hydrogen-bond donors (Lipinski definition) is 0. The minimum absolute atomic E-state index is 0.0733. The fourth-order valence-corrected chi connectivity index (χ4v) is 2.41. The summed E-state index contributed by atoms with van der Waals surface area (Å²) >= 11 is 0. The van der Waals surface area contributed by atoms with Crippen molar-refractivity contribution < 1.29 is 32.5 Å². The van der Waals surface area contributed by atoms with E-state index in [0.717, 1.165) is 6.42 Å². The van der Waals surface area contributed by atoms with Gasteiger partial charge >= 0.3 is 6.61 Å². The van der Waals surface area contributed by atoms with Crippen LogP contribution in [0.5, 0.6) is 23.0 Å². The predicted molar refractivity (Wildman–Crippen MR) is 102 cm³/mol. The maximum absolute atomic E-state index is 12.6. The number of ether oxygens (including phenoxy) is 4. The molecule has 0 saturated carbocycles. The number of rotatable bonds is 10. The van der Waals surface area contributed by atoms with Crippen LogP contribution in [0.25, 0.3) is 6.08 Å². The Bertz CT molecular complexity index is 791. The van der Waals surface area contributed by atoms with Crippen molar-refractivity contribution in [3.63, 3.8) is 0 Å². The van der Waals surface area contributed by atoms with Gasteiger partial charge in [-0.15, -0.1) is 0 Å². The van der Waals surface area contributed by atoms with E-state index in [-0.39, 0.29) is 23.0 Å². The topological polar surface area (TPSA) is 54.0 Å². The molecule has 0 saturated heterocycles. The summed E-state index contributed by atoms with van der Waals surface area (Å²) in [5.74, 6) is 0.429. The molecular weight excluding hydrogens is 370 g/mol. The lowest BCUT2D eigenvalue weighted by Crippen LogP contribution is -2.05. The predicted octanol–water partition coefficient (Wildman–Crippen LogP) is 4.99. The van der Waals surface area contributed by atoms with Gasteiger partial charge in [-0.1, -0.05) is 13.0 Å². The molecule has 0 N–H and O–H groups in total. The first-order valence-corrected chi connectivity index (χ1v) is 8.64. The summed E-state index contributed by atoms with van der Waals surface area (Å²) in [6.07, 6.45) is 3.82. The van der Waals surface area contributed by atoms with Crippen molar-refractivity contribution in [3.8, 4) is 23.0 Å². The first-order chi connectivity index (χ1) is 13.5. The quantitative estimate of drug-likeness (QED) is 0.421. The summed E-state index contributed by atoms with van der Waals surface area (Å²) in [6, 6.07) is 9.78. The summed E-state index contributed by atoms with van der Waals surface area (Å²) in [7, 11) is 2.65. The molecule has 0 atom stereocenters. The molecule has 28 heavy (non-hydrogen) atoms. The largest absolute Gasteiger partial charge is 0.494 e. The molecule has 0 aliphatic rings. The van der Waals surface area contributed by atoms with Gasteiger partial charge in [-0.05, 0) is 54.5 Å². The van der Waals surface area contributed by atoms with Crippen LogP contribution in [-0.2, 0) is 0 Å². The first kappa shape index (κ1) is 21.2. The van der Waals surface area contributed by atoms with Gasteiger partial charge in [0.15, 0.2) is 17.3 Å². The molecule has 0 radical (unpaired) electrons. The van der Waals surface area contributed by atoms with Crippen LogP contribution in [0.4, 0.5) is 8.78 Å². The zero-order chi connectivity index (χ0) is 20.5. The van der Waals surface area contributed by atoms with Gasteiger partial charge in [-0.25, -0.2) is 0 Å². The molecule has 0 unspecified atom stereocenters. The van der Waals surface area contributed by atoms with Crippen molar-refractivity contribution in [1.29, 1.82) is 0 Å². The number of allylic oxidation sites excluding steroid dienone is 1. The molecule has 0 amide bonds. The SMILES string of the molecule is CCCOc1ccc(C(=O)/C=C/c2cc(OC)c(OC(F)F)c(OC)c2)cc1. The van der Waals surface area contributed by atoms with Gasteiger partial charge < -0.3 is 18.9 Å². The molecule has 5 nitrogen and oxygen atoms in total. The number of halogens is 2. The highest BCUT2D eigenvalue weighted by Crippen LogP contribution is 2.39. The van der Waals surface area contributed by atoms with Crippen molar-refractivity contribution in [2.75, 3.05) is 20.8 Å². The number of alkyl halides is 2. The van der Waals surface area contributed by atoms with Gasteiger partial charge in [0.05, 0.1) is 20.8 Å². The van der Waals surface area contributed by atoms with Crippen molar-refractivity contribution in [3.05, 3.63) is 53.6 Å². The molecule has 7 heteroatoms. The lowest BCUT2D eigenvalue weighted by Gasteiger charge is -2.14. The highest BCUT2D eigenvalue weighted by molar-refractivity contribution is 6.06. The van der Waals surface area contributed by atoms with Gasteiger partial charge in [0.1, 0.15) is 5.75 Å². The van der Waals surface area contributed by atoms with Crippen LogP contribution in [0, 0.1) is 0 Å². The Morgan fingerprint density at radius 3 is 2.18 bits per heavy atom. The second-order valence-electron chi connectivity index (χ2n) is 5.70. The normalized spacial score (nSPS) is 10.9. The van der Waals surface area contributed by atoms with Crippen molar-refractivity contribution in [2.24, 2.45) is 0 Å². The van der Waals surface area contributed by atoms with Crippen LogP contribution in [0.15, 0.2) is 42.5 Å². The van der Waals surface area contributed by atoms with Crippen molar-refractivity contribution in [2.45, 2.75) is 20.0 Å². The van der Waals surface area contributed by atoms with E-state index in [1.54, 1.807) is 30.3 Å². The average Bonchev–Trinajstić information content (AvgIpc) is 2.70. The lowest BCUT2D eigenvalue weighted by atomic mass is 10.1. The number of hydrogen-bond acceptors (Lipinski definition) is 5. The fourth-order valence-electron chi connectivity index (χ4n) is 2.41. The minimum Gasteiger partial charge on any atom is -0.494 e. The van der Waals surface area contributed by atoms with E-state index < -0.39 is 6.61 Å². The lowest BCUT2D eigenvalue weighted by molar-refractivity contribution is -0.0526. The van der Waals surface area contributed by atoms with Crippen LogP contribution >= 0.6 is 0 Å². The second kappa shape index (κ2) is 10.3. The van der Waals surface area contributed by atoms with E-state index in [0.29, 0.717) is 23.5 Å². The third kappa shape index (κ3) is 5.70. The standard InChI is InChI=1S/C21H22F2O5/c1-4-11-27-16-8-6-15(7-9-16)17(24)10-5-14-12-18(25-2)20(28-21(22)23)19(13-14)26-3/h5-10,12-13,21H,4,11H2,1-3H3/b10-5+. The van der Waals surface area contributed by atoms with Gasteiger partial charge in [-0.3, -0.25) is 4.79 Å². The minimum atomic E-state index is -3.02. The monoisotopic (exact) mass is 392 g/mol. The molecule has 2 aromatic carbocycles. The number of ketones is 1. The van der Waals surface area contributed by atoms with E-state index in [4.69, 9.17) is 14.2 Å². The van der Waals surface area contributed by atoms with E-state index in [2.05, 4.69) is 4.74 Å². The number of carbonyl (C=O) groups is 1. The maximum atomic E-state index is 12.6. The third-order valence-corrected chi connectivity index (χ3v) is 3.73. The molecular formula is C21H22F2O5. The Kier molecular flexibility index (Phi) is 7.80. The summed E-state index contributed by atoms with van der Waals surface area (Å²) in [4.78, 5) is 12.4. The molecule has 0 aliphatic heterocycles. The Morgan fingerprint density at radius 2 is 1.68 bits per heavy atom. The van der Waals surface area contributed by atoms with Gasteiger partial charge in [-0.2, -0.15) is 8.78 Å². The Hall–Kier alpha value is -3.09. The molecule has 2 aromatic rings. The summed E-state index contributed by atoms with van der Waals surface area (Å²) < 4.78 is 45.3. The smallest absolute Gasteiger partial charge is 0.387 e. The molecule has 0 spiro atoms. The molecule has 0 bridgehead atoms. The molecule has 150 valence electrons. The molecule has 0 aliphatic carbocycles. The zero-order valence-electron chi connectivity index (χ0n) is 15.9. The van der Waals surface area contributed by atoms with Crippen LogP contribution in [-0.4, -0.2) is 33.2 Å². The van der Waals surface area contributed by atoms with Crippen LogP contribution in [0.1, 0.15) is 29.3 Å². The highest BCUT2D eigenvalue weighted by atomic mass is 19.3. The molecule has 2 rings (SSSR count). The van der Waals surface area contributed by atoms with Gasteiger partial charge in [0.25, 0.3) is 0 Å². The molecule has 0 aromatic heterocycles. The summed E-state index contributed by atoms with van der Waals surface area (Å²) in [6.45, 7) is -0.393. The van der Waals surface area contributed by atoms with Crippen LogP contribution in [0.3, 0.4) is 0 Å². The molecule has 0 heterocycles.